The van der Waals surface area contributed by atoms with E-state index in [1.807, 2.05) is 62.4 Å². The Morgan fingerprint density at radius 1 is 0.967 bits per heavy atom. The van der Waals surface area contributed by atoms with Crippen molar-refractivity contribution >= 4 is 11.5 Å². The topological polar surface area (TPSA) is 68.1 Å². The third-order valence-electron chi connectivity index (χ3n) is 4.95. The fourth-order valence-electron chi connectivity index (χ4n) is 3.57. The van der Waals surface area contributed by atoms with Gasteiger partial charge in [0.25, 0.3) is 0 Å². The first-order valence-electron chi connectivity index (χ1n) is 10.5. The molecular weight excluding hydrogens is 378 g/mol. The summed E-state index contributed by atoms with van der Waals surface area (Å²) in [6, 6.07) is 15.5. The second-order valence-corrected chi connectivity index (χ2v) is 7.17. The van der Waals surface area contributed by atoms with Crippen LogP contribution in [-0.4, -0.2) is 29.8 Å². The van der Waals surface area contributed by atoms with Crippen LogP contribution in [0, 0.1) is 0 Å². The van der Waals surface area contributed by atoms with Gasteiger partial charge in [0.15, 0.2) is 17.3 Å². The smallest absolute Gasteiger partial charge is 0.168 e. The van der Waals surface area contributed by atoms with Gasteiger partial charge < -0.3 is 14.6 Å². The number of ether oxygens (including phenoxy) is 2. The molecule has 2 aromatic rings. The fourth-order valence-corrected chi connectivity index (χ4v) is 3.57. The van der Waals surface area contributed by atoms with Crippen LogP contribution < -0.4 is 9.47 Å². The third kappa shape index (κ3) is 5.50. The quantitative estimate of drug-likeness (QED) is 0.480. The lowest BCUT2D eigenvalue weighted by Gasteiger charge is -2.18. The molecule has 5 nitrogen and oxygen atoms in total. The Labute approximate surface area is 178 Å². The predicted octanol–water partition coefficient (Wildman–Crippen LogP) is 5.23. The van der Waals surface area contributed by atoms with Crippen LogP contribution in [0.1, 0.15) is 44.2 Å². The normalized spacial score (nSPS) is 17.1. The Hall–Kier alpha value is -3.08. The number of hydrogen-bond donors (Lipinski definition) is 1. The Morgan fingerprint density at radius 2 is 1.70 bits per heavy atom. The highest BCUT2D eigenvalue weighted by atomic mass is 16.5. The molecule has 158 valence electrons. The number of Topliss-reactive ketones (excluding diaryl/α,β-unsaturated/α-hetero) is 1. The van der Waals surface area contributed by atoms with Crippen molar-refractivity contribution in [1.29, 1.82) is 0 Å². The molecule has 5 heteroatoms. The minimum absolute atomic E-state index is 0.0403. The molecule has 0 atom stereocenters. The molecule has 1 N–H and O–H groups in total. The zero-order chi connectivity index (χ0) is 21.3. The first-order valence-corrected chi connectivity index (χ1v) is 10.5. The van der Waals surface area contributed by atoms with E-state index in [0.717, 1.165) is 17.5 Å². The van der Waals surface area contributed by atoms with E-state index < -0.39 is 0 Å². The van der Waals surface area contributed by atoms with Crippen LogP contribution in [0.2, 0.25) is 0 Å². The van der Waals surface area contributed by atoms with Gasteiger partial charge in [-0.3, -0.25) is 9.79 Å². The number of hydrogen-bond acceptors (Lipinski definition) is 5. The lowest BCUT2D eigenvalue weighted by Crippen LogP contribution is -2.22. The second-order valence-electron chi connectivity index (χ2n) is 7.17. The molecule has 3 rings (SSSR count). The molecule has 0 amide bonds. The Bertz CT molecular complexity index is 931. The van der Waals surface area contributed by atoms with Crippen molar-refractivity contribution < 1.29 is 19.4 Å². The molecule has 1 fully saturated rings. The molecule has 0 spiro atoms. The largest absolute Gasteiger partial charge is 0.511 e. The molecule has 0 heterocycles. The van der Waals surface area contributed by atoms with Gasteiger partial charge in [-0.1, -0.05) is 36.4 Å². The van der Waals surface area contributed by atoms with Gasteiger partial charge in [0.05, 0.1) is 25.3 Å². The van der Waals surface area contributed by atoms with Gasteiger partial charge in [0.2, 0.25) is 0 Å². The van der Waals surface area contributed by atoms with Gasteiger partial charge in [0, 0.05) is 18.6 Å². The highest BCUT2D eigenvalue weighted by molar-refractivity contribution is 6.24. The van der Waals surface area contributed by atoms with E-state index in [1.54, 1.807) is 0 Å². The maximum absolute atomic E-state index is 12.6. The summed E-state index contributed by atoms with van der Waals surface area (Å²) in [4.78, 5) is 17.3. The molecule has 0 unspecified atom stereocenters. The molecule has 0 radical (unpaired) electrons. The third-order valence-corrected chi connectivity index (χ3v) is 4.95. The highest BCUT2D eigenvalue weighted by Gasteiger charge is 2.25. The lowest BCUT2D eigenvalue weighted by molar-refractivity contribution is -0.115. The van der Waals surface area contributed by atoms with E-state index in [2.05, 4.69) is 4.99 Å². The fraction of sp³-hybridized carbons (Fsp3) is 0.360. The van der Waals surface area contributed by atoms with E-state index in [9.17, 15) is 9.90 Å². The van der Waals surface area contributed by atoms with E-state index in [1.165, 1.54) is 0 Å². The summed E-state index contributed by atoms with van der Waals surface area (Å²) in [6.45, 7) is 5.40. The van der Waals surface area contributed by atoms with Crippen LogP contribution in [0.4, 0.5) is 0 Å². The Balaban J connectivity index is 1.86. The molecule has 0 aromatic heterocycles. The van der Waals surface area contributed by atoms with Crippen molar-refractivity contribution in [3.8, 4) is 11.5 Å². The number of aliphatic imine (C=N–C) groups is 1. The maximum atomic E-state index is 12.6. The number of carbonyl (C=O) groups is 1. The van der Waals surface area contributed by atoms with E-state index in [4.69, 9.17) is 9.47 Å². The number of carbonyl (C=O) groups excluding carboxylic acids is 1. The molecule has 0 bridgehead atoms. The summed E-state index contributed by atoms with van der Waals surface area (Å²) in [5.74, 6) is 1.34. The van der Waals surface area contributed by atoms with Crippen molar-refractivity contribution in [2.24, 2.45) is 4.99 Å². The van der Waals surface area contributed by atoms with E-state index >= 15 is 0 Å². The van der Waals surface area contributed by atoms with Crippen molar-refractivity contribution in [3.05, 3.63) is 71.0 Å². The van der Waals surface area contributed by atoms with Crippen LogP contribution in [0.5, 0.6) is 11.5 Å². The number of ketones is 1. The molecule has 0 aliphatic heterocycles. The number of benzene rings is 2. The highest BCUT2D eigenvalue weighted by Crippen LogP contribution is 2.30. The van der Waals surface area contributed by atoms with Crippen molar-refractivity contribution in [3.63, 3.8) is 0 Å². The molecule has 0 saturated heterocycles. The summed E-state index contributed by atoms with van der Waals surface area (Å²) in [6.07, 6.45) is 2.15. The number of rotatable bonds is 8. The van der Waals surface area contributed by atoms with Gasteiger partial charge in [-0.15, -0.1) is 0 Å². The second kappa shape index (κ2) is 10.6. The number of aliphatic hydroxyl groups excluding tert-OH is 1. The minimum atomic E-state index is -0.0403. The first kappa shape index (κ1) is 21.6. The monoisotopic (exact) mass is 407 g/mol. The first-order chi connectivity index (χ1) is 14.6. The van der Waals surface area contributed by atoms with Crippen molar-refractivity contribution in [2.75, 3.05) is 13.2 Å². The number of nitrogens with zero attached hydrogens (tertiary/aromatic N) is 1. The van der Waals surface area contributed by atoms with Gasteiger partial charge >= 0.3 is 0 Å². The van der Waals surface area contributed by atoms with Gasteiger partial charge in [-0.05, 0) is 49.9 Å². The summed E-state index contributed by atoms with van der Waals surface area (Å²) < 4.78 is 11.3. The van der Waals surface area contributed by atoms with Crippen LogP contribution in [0.25, 0.3) is 0 Å². The molecular formula is C25H29NO4. The standard InChI is InChI=1S/C25H29NO4/c1-3-29-23-14-13-19(16-24(23)30-4-2)15-22(28)25-20(11-8-12-21(25)27)26-17-18-9-6-5-7-10-18/h5-7,9-10,13-14,16,28H,3-4,8,11-12,15,17H2,1-2H3/b25-22+,26-20?. The molecule has 1 aliphatic carbocycles. The number of allylic oxidation sites excluding steroid dienone is 2. The molecule has 1 aliphatic rings. The molecule has 30 heavy (non-hydrogen) atoms. The summed E-state index contributed by atoms with van der Waals surface area (Å²) in [5, 5.41) is 10.9. The van der Waals surface area contributed by atoms with Gasteiger partial charge in [0.1, 0.15) is 5.76 Å². The SMILES string of the molecule is CCOc1ccc(C/C(O)=C2\C(=O)CCCC2=NCc2ccccc2)cc1OCC. The zero-order valence-electron chi connectivity index (χ0n) is 17.7. The van der Waals surface area contributed by atoms with Crippen LogP contribution in [0.3, 0.4) is 0 Å². The Kier molecular flexibility index (Phi) is 7.66. The van der Waals surface area contributed by atoms with Crippen molar-refractivity contribution in [2.45, 2.75) is 46.1 Å². The van der Waals surface area contributed by atoms with Crippen LogP contribution in [0.15, 0.2) is 64.9 Å². The molecule has 1 saturated carbocycles. The lowest BCUT2D eigenvalue weighted by atomic mass is 9.89. The Morgan fingerprint density at radius 3 is 2.43 bits per heavy atom. The van der Waals surface area contributed by atoms with Gasteiger partial charge in [-0.2, -0.15) is 0 Å². The summed E-state index contributed by atoms with van der Waals surface area (Å²) in [5.41, 5.74) is 3.01. The average molecular weight is 408 g/mol. The number of aliphatic hydroxyl groups is 1. The molecule has 2 aromatic carbocycles. The van der Waals surface area contributed by atoms with E-state index in [0.29, 0.717) is 55.4 Å². The van der Waals surface area contributed by atoms with Crippen LogP contribution in [-0.2, 0) is 17.8 Å². The van der Waals surface area contributed by atoms with Crippen LogP contribution >= 0.6 is 0 Å². The maximum Gasteiger partial charge on any atom is 0.168 e. The average Bonchev–Trinajstić information content (AvgIpc) is 2.75. The predicted molar refractivity (Wildman–Crippen MR) is 119 cm³/mol. The zero-order valence-corrected chi connectivity index (χ0v) is 17.7. The van der Waals surface area contributed by atoms with Gasteiger partial charge in [-0.25, -0.2) is 0 Å². The van der Waals surface area contributed by atoms with Crippen molar-refractivity contribution in [1.82, 2.24) is 0 Å². The summed E-state index contributed by atoms with van der Waals surface area (Å²) >= 11 is 0. The van der Waals surface area contributed by atoms with E-state index in [-0.39, 0.29) is 18.0 Å². The summed E-state index contributed by atoms with van der Waals surface area (Å²) in [7, 11) is 0. The minimum Gasteiger partial charge on any atom is -0.511 e.